The number of hydrogen-bond donors (Lipinski definition) is 2. The van der Waals surface area contributed by atoms with Crippen LogP contribution >= 0.6 is 0 Å². The average Bonchev–Trinajstić information content (AvgIpc) is 2.74. The molecular formula is C26H23N3O2. The second-order valence-corrected chi connectivity index (χ2v) is 7.42. The first-order valence-electron chi connectivity index (χ1n) is 10.1. The molecule has 0 aliphatic carbocycles. The highest BCUT2D eigenvalue weighted by atomic mass is 16.2. The lowest BCUT2D eigenvalue weighted by atomic mass is 9.92. The number of para-hydroxylation sites is 1. The van der Waals surface area contributed by atoms with Crippen LogP contribution in [0.5, 0.6) is 0 Å². The van der Waals surface area contributed by atoms with Gasteiger partial charge >= 0.3 is 0 Å². The molecule has 3 aromatic carbocycles. The Kier molecular flexibility index (Phi) is 5.76. The zero-order valence-electron chi connectivity index (χ0n) is 17.5. The summed E-state index contributed by atoms with van der Waals surface area (Å²) < 4.78 is 0. The number of rotatable bonds is 5. The minimum absolute atomic E-state index is 0.141. The van der Waals surface area contributed by atoms with Gasteiger partial charge in [0.05, 0.1) is 11.9 Å². The predicted molar refractivity (Wildman–Crippen MR) is 125 cm³/mol. The third-order valence-electron chi connectivity index (χ3n) is 5.07. The number of carbonyl (C=O) groups excluding carboxylic acids is 2. The monoisotopic (exact) mass is 409 g/mol. The zero-order chi connectivity index (χ0) is 21.8. The van der Waals surface area contributed by atoms with E-state index in [1.165, 1.54) is 6.92 Å². The molecule has 2 N–H and O–H groups in total. The normalized spacial score (nSPS) is 10.6. The van der Waals surface area contributed by atoms with Crippen LogP contribution in [0, 0.1) is 6.92 Å². The maximum absolute atomic E-state index is 13.0. The standard InChI is InChI=1S/C26H23N3O2/c1-17-23(16-25(31)29-21-12-8-11-20(15-21)28-18(2)30)26(19-9-4-3-5-10-19)22-13-6-7-14-24(22)27-17/h3-15H,16H2,1-2H3,(H,28,30)(H,29,31). The lowest BCUT2D eigenvalue weighted by molar-refractivity contribution is -0.116. The van der Waals surface area contributed by atoms with Crippen molar-refractivity contribution < 1.29 is 9.59 Å². The van der Waals surface area contributed by atoms with E-state index in [9.17, 15) is 9.59 Å². The molecule has 2 amide bonds. The van der Waals surface area contributed by atoms with E-state index in [2.05, 4.69) is 22.8 Å². The average molecular weight is 409 g/mol. The predicted octanol–water partition coefficient (Wildman–Crippen LogP) is 5.35. The van der Waals surface area contributed by atoms with Gasteiger partial charge in [0, 0.05) is 29.4 Å². The number of benzene rings is 3. The first-order chi connectivity index (χ1) is 15.0. The van der Waals surface area contributed by atoms with Crippen LogP contribution in [0.3, 0.4) is 0 Å². The van der Waals surface area contributed by atoms with Crippen molar-refractivity contribution in [3.63, 3.8) is 0 Å². The van der Waals surface area contributed by atoms with E-state index in [4.69, 9.17) is 4.98 Å². The molecule has 0 aliphatic rings. The molecule has 5 nitrogen and oxygen atoms in total. The molecule has 0 fully saturated rings. The minimum atomic E-state index is -0.158. The molecule has 1 heterocycles. The number of aromatic nitrogens is 1. The van der Waals surface area contributed by atoms with Crippen LogP contribution in [0.4, 0.5) is 11.4 Å². The third-order valence-corrected chi connectivity index (χ3v) is 5.07. The Balaban J connectivity index is 1.69. The summed E-state index contributed by atoms with van der Waals surface area (Å²) in [6.45, 7) is 3.39. The number of carbonyl (C=O) groups is 2. The van der Waals surface area contributed by atoms with Gasteiger partial charge in [0.1, 0.15) is 0 Å². The van der Waals surface area contributed by atoms with E-state index in [-0.39, 0.29) is 18.2 Å². The van der Waals surface area contributed by atoms with E-state index < -0.39 is 0 Å². The Morgan fingerprint density at radius 1 is 0.839 bits per heavy atom. The molecule has 0 unspecified atom stereocenters. The van der Waals surface area contributed by atoms with Crippen molar-refractivity contribution in [2.24, 2.45) is 0 Å². The quantitative estimate of drug-likeness (QED) is 0.467. The molecule has 0 radical (unpaired) electrons. The van der Waals surface area contributed by atoms with Crippen LogP contribution in [0.25, 0.3) is 22.0 Å². The molecule has 0 saturated heterocycles. The molecule has 1 aromatic heterocycles. The Hall–Kier alpha value is -3.99. The maximum Gasteiger partial charge on any atom is 0.228 e. The molecule has 0 bridgehead atoms. The number of nitrogens with zero attached hydrogens (tertiary/aromatic N) is 1. The van der Waals surface area contributed by atoms with E-state index in [0.29, 0.717) is 11.4 Å². The lowest BCUT2D eigenvalue weighted by Crippen LogP contribution is -2.16. The van der Waals surface area contributed by atoms with Crippen molar-refractivity contribution in [3.05, 3.63) is 90.1 Å². The Labute approximate surface area is 181 Å². The summed E-state index contributed by atoms with van der Waals surface area (Å²) in [4.78, 5) is 29.0. The number of fused-ring (bicyclic) bond motifs is 1. The number of nitrogens with one attached hydrogen (secondary N) is 2. The van der Waals surface area contributed by atoms with Gasteiger partial charge < -0.3 is 10.6 Å². The fraction of sp³-hybridized carbons (Fsp3) is 0.115. The smallest absolute Gasteiger partial charge is 0.228 e. The topological polar surface area (TPSA) is 71.1 Å². The number of amides is 2. The highest BCUT2D eigenvalue weighted by Gasteiger charge is 2.17. The Bertz CT molecular complexity index is 1270. The van der Waals surface area contributed by atoms with Gasteiger partial charge in [-0.3, -0.25) is 14.6 Å². The van der Waals surface area contributed by atoms with Crippen LogP contribution in [0.15, 0.2) is 78.9 Å². The van der Waals surface area contributed by atoms with E-state index in [0.717, 1.165) is 33.3 Å². The molecule has 0 aliphatic heterocycles. The maximum atomic E-state index is 13.0. The van der Waals surface area contributed by atoms with Crippen molar-refractivity contribution in [1.82, 2.24) is 4.98 Å². The van der Waals surface area contributed by atoms with E-state index in [1.807, 2.05) is 49.4 Å². The van der Waals surface area contributed by atoms with Gasteiger partial charge in [-0.1, -0.05) is 54.6 Å². The largest absolute Gasteiger partial charge is 0.326 e. The van der Waals surface area contributed by atoms with Gasteiger partial charge in [0.25, 0.3) is 0 Å². The summed E-state index contributed by atoms with van der Waals surface area (Å²) in [7, 11) is 0. The van der Waals surface area contributed by atoms with Crippen LogP contribution < -0.4 is 10.6 Å². The summed E-state index contributed by atoms with van der Waals surface area (Å²) in [5.41, 5.74) is 6.00. The number of aryl methyl sites for hydroxylation is 1. The van der Waals surface area contributed by atoms with Crippen molar-refractivity contribution >= 4 is 34.1 Å². The first-order valence-corrected chi connectivity index (χ1v) is 10.1. The van der Waals surface area contributed by atoms with E-state index in [1.54, 1.807) is 24.3 Å². The van der Waals surface area contributed by atoms with Crippen LogP contribution in [-0.4, -0.2) is 16.8 Å². The van der Waals surface area contributed by atoms with Crippen molar-refractivity contribution in [1.29, 1.82) is 0 Å². The zero-order valence-corrected chi connectivity index (χ0v) is 17.5. The third kappa shape index (κ3) is 4.61. The van der Waals surface area contributed by atoms with Crippen molar-refractivity contribution in [2.45, 2.75) is 20.3 Å². The number of anilines is 2. The van der Waals surface area contributed by atoms with Gasteiger partial charge in [-0.15, -0.1) is 0 Å². The SMILES string of the molecule is CC(=O)Nc1cccc(NC(=O)Cc2c(C)nc3ccccc3c2-c2ccccc2)c1. The molecule has 31 heavy (non-hydrogen) atoms. The second kappa shape index (κ2) is 8.79. The van der Waals surface area contributed by atoms with Gasteiger partial charge in [0.15, 0.2) is 0 Å². The number of pyridine rings is 1. The molecular weight excluding hydrogens is 386 g/mol. The molecule has 5 heteroatoms. The Morgan fingerprint density at radius 2 is 1.52 bits per heavy atom. The summed E-state index contributed by atoms with van der Waals surface area (Å²) >= 11 is 0. The molecule has 4 rings (SSSR count). The van der Waals surface area contributed by atoms with Crippen LogP contribution in [0.1, 0.15) is 18.2 Å². The highest BCUT2D eigenvalue weighted by molar-refractivity contribution is 6.00. The van der Waals surface area contributed by atoms with Gasteiger partial charge in [0.2, 0.25) is 11.8 Å². The summed E-state index contributed by atoms with van der Waals surface area (Å²) in [5, 5.41) is 6.69. The fourth-order valence-corrected chi connectivity index (χ4v) is 3.77. The van der Waals surface area contributed by atoms with Crippen LogP contribution in [-0.2, 0) is 16.0 Å². The molecule has 0 atom stereocenters. The molecule has 4 aromatic rings. The van der Waals surface area contributed by atoms with Gasteiger partial charge in [-0.25, -0.2) is 0 Å². The molecule has 154 valence electrons. The van der Waals surface area contributed by atoms with Gasteiger partial charge in [-0.05, 0) is 47.9 Å². The Morgan fingerprint density at radius 3 is 2.26 bits per heavy atom. The van der Waals surface area contributed by atoms with Crippen LogP contribution in [0.2, 0.25) is 0 Å². The minimum Gasteiger partial charge on any atom is -0.326 e. The lowest BCUT2D eigenvalue weighted by Gasteiger charge is -2.16. The summed E-state index contributed by atoms with van der Waals surface area (Å²) in [6, 6.07) is 25.2. The molecule has 0 saturated carbocycles. The fourth-order valence-electron chi connectivity index (χ4n) is 3.77. The first kappa shape index (κ1) is 20.3. The molecule has 0 spiro atoms. The van der Waals surface area contributed by atoms with Gasteiger partial charge in [-0.2, -0.15) is 0 Å². The summed E-state index contributed by atoms with van der Waals surface area (Å²) in [6.07, 6.45) is 0.193. The summed E-state index contributed by atoms with van der Waals surface area (Å²) in [5.74, 6) is -0.300. The highest BCUT2D eigenvalue weighted by Crippen LogP contribution is 2.33. The van der Waals surface area contributed by atoms with Crippen molar-refractivity contribution in [2.75, 3.05) is 10.6 Å². The van der Waals surface area contributed by atoms with E-state index >= 15 is 0 Å². The van der Waals surface area contributed by atoms with Crippen molar-refractivity contribution in [3.8, 4) is 11.1 Å². The number of hydrogen-bond acceptors (Lipinski definition) is 3. The second-order valence-electron chi connectivity index (χ2n) is 7.42.